The highest BCUT2D eigenvalue weighted by molar-refractivity contribution is 5.96. The molecule has 0 aliphatic carbocycles. The minimum absolute atomic E-state index is 0.229. The summed E-state index contributed by atoms with van der Waals surface area (Å²) in [6, 6.07) is 7.40. The summed E-state index contributed by atoms with van der Waals surface area (Å²) in [4.78, 5) is 22.1. The highest BCUT2D eigenvalue weighted by atomic mass is 19.4. The number of hydrogen-bond acceptors (Lipinski definition) is 3. The first-order chi connectivity index (χ1) is 8.38. The Morgan fingerprint density at radius 3 is 2.56 bits per heavy atom. The topological polar surface area (TPSA) is 59.3 Å². The van der Waals surface area contributed by atoms with Crippen LogP contribution < -0.4 is 10.9 Å². The van der Waals surface area contributed by atoms with Gasteiger partial charge in [0.15, 0.2) is 0 Å². The van der Waals surface area contributed by atoms with Gasteiger partial charge in [-0.15, -0.1) is 0 Å². The molecule has 1 N–H and O–H groups in total. The standard InChI is InChI=1S/C11H6F3NO3/c12-11(13,14)10(17)15-7-5-6-3-1-2-4-8(6)18-9(7)16/h1-5H,(H,15,17). The lowest BCUT2D eigenvalue weighted by Crippen LogP contribution is -2.31. The van der Waals surface area contributed by atoms with Crippen molar-refractivity contribution in [2.45, 2.75) is 6.18 Å². The quantitative estimate of drug-likeness (QED) is 0.797. The van der Waals surface area contributed by atoms with Crippen molar-refractivity contribution in [2.75, 3.05) is 5.32 Å². The van der Waals surface area contributed by atoms with E-state index in [4.69, 9.17) is 4.42 Å². The second-order valence-electron chi connectivity index (χ2n) is 3.44. The fourth-order valence-corrected chi connectivity index (χ4v) is 1.34. The number of para-hydroxylation sites is 1. The average Bonchev–Trinajstić information content (AvgIpc) is 2.28. The maximum Gasteiger partial charge on any atom is 0.471 e. The van der Waals surface area contributed by atoms with E-state index in [-0.39, 0.29) is 5.58 Å². The molecule has 1 aromatic carbocycles. The van der Waals surface area contributed by atoms with Gasteiger partial charge in [0.1, 0.15) is 11.3 Å². The summed E-state index contributed by atoms with van der Waals surface area (Å²) >= 11 is 0. The van der Waals surface area contributed by atoms with Crippen LogP contribution in [-0.4, -0.2) is 12.1 Å². The average molecular weight is 257 g/mol. The van der Waals surface area contributed by atoms with E-state index in [0.717, 1.165) is 6.07 Å². The smallest absolute Gasteiger partial charge is 0.421 e. The van der Waals surface area contributed by atoms with Gasteiger partial charge in [-0.2, -0.15) is 13.2 Å². The summed E-state index contributed by atoms with van der Waals surface area (Å²) in [6.45, 7) is 0. The molecule has 0 saturated heterocycles. The van der Waals surface area contributed by atoms with E-state index in [9.17, 15) is 22.8 Å². The van der Waals surface area contributed by atoms with Crippen LogP contribution in [0, 0.1) is 0 Å². The Morgan fingerprint density at radius 1 is 1.22 bits per heavy atom. The Kier molecular flexibility index (Phi) is 2.82. The molecule has 4 nitrogen and oxygen atoms in total. The molecule has 0 saturated carbocycles. The van der Waals surface area contributed by atoms with Crippen LogP contribution in [0.15, 0.2) is 39.5 Å². The highest BCUT2D eigenvalue weighted by Crippen LogP contribution is 2.19. The molecule has 94 valence electrons. The second kappa shape index (κ2) is 4.17. The van der Waals surface area contributed by atoms with Gasteiger partial charge in [0.05, 0.1) is 0 Å². The number of amides is 1. The number of benzene rings is 1. The fraction of sp³-hybridized carbons (Fsp3) is 0.0909. The number of nitrogens with one attached hydrogen (secondary N) is 1. The summed E-state index contributed by atoms with van der Waals surface area (Å²) < 4.78 is 40.9. The molecule has 0 unspecified atom stereocenters. The summed E-state index contributed by atoms with van der Waals surface area (Å²) in [5.74, 6) is -2.22. The van der Waals surface area contributed by atoms with Gasteiger partial charge in [-0.1, -0.05) is 18.2 Å². The zero-order chi connectivity index (χ0) is 13.3. The molecule has 0 radical (unpaired) electrons. The Hall–Kier alpha value is -2.31. The van der Waals surface area contributed by atoms with Crippen molar-refractivity contribution in [2.24, 2.45) is 0 Å². The molecule has 1 amide bonds. The van der Waals surface area contributed by atoms with E-state index < -0.39 is 23.4 Å². The van der Waals surface area contributed by atoms with E-state index >= 15 is 0 Å². The number of anilines is 1. The molecule has 2 rings (SSSR count). The van der Waals surface area contributed by atoms with E-state index in [1.165, 1.54) is 11.4 Å². The van der Waals surface area contributed by atoms with Crippen molar-refractivity contribution in [3.63, 3.8) is 0 Å². The summed E-state index contributed by atoms with van der Waals surface area (Å²) in [5, 5.41) is 1.88. The highest BCUT2D eigenvalue weighted by Gasteiger charge is 2.39. The van der Waals surface area contributed by atoms with Crippen molar-refractivity contribution >= 4 is 22.6 Å². The number of fused-ring (bicyclic) bond motifs is 1. The SMILES string of the molecule is O=C(Nc1cc2ccccc2oc1=O)C(F)(F)F. The van der Waals surface area contributed by atoms with E-state index in [1.807, 2.05) is 0 Å². The van der Waals surface area contributed by atoms with Gasteiger partial charge in [0.2, 0.25) is 0 Å². The van der Waals surface area contributed by atoms with E-state index in [1.54, 1.807) is 18.2 Å². The Labute approximate surface area is 98.0 Å². The van der Waals surface area contributed by atoms with Crippen molar-refractivity contribution < 1.29 is 22.4 Å². The Bertz CT molecular complexity index is 660. The first kappa shape index (κ1) is 12.2. The maximum atomic E-state index is 12.0. The van der Waals surface area contributed by atoms with Gasteiger partial charge >= 0.3 is 17.7 Å². The molecule has 2 aromatic rings. The molecule has 0 bridgehead atoms. The maximum absolute atomic E-state index is 12.0. The Morgan fingerprint density at radius 2 is 1.89 bits per heavy atom. The van der Waals surface area contributed by atoms with Gasteiger partial charge in [-0.3, -0.25) is 4.79 Å². The summed E-state index contributed by atoms with van der Waals surface area (Å²) in [5.41, 5.74) is -1.35. The zero-order valence-corrected chi connectivity index (χ0v) is 8.75. The molecule has 1 heterocycles. The fourth-order valence-electron chi connectivity index (χ4n) is 1.34. The minimum atomic E-state index is -5.06. The molecular weight excluding hydrogens is 251 g/mol. The van der Waals surface area contributed by atoms with Gasteiger partial charge < -0.3 is 9.73 Å². The van der Waals surface area contributed by atoms with Gasteiger partial charge in [0.25, 0.3) is 0 Å². The molecule has 18 heavy (non-hydrogen) atoms. The summed E-state index contributed by atoms with van der Waals surface area (Å²) in [7, 11) is 0. The lowest BCUT2D eigenvalue weighted by molar-refractivity contribution is -0.167. The molecule has 0 aliphatic rings. The first-order valence-corrected chi connectivity index (χ1v) is 4.79. The normalized spacial score (nSPS) is 11.5. The monoisotopic (exact) mass is 257 g/mol. The predicted octanol–water partition coefficient (Wildman–Crippen LogP) is 2.29. The van der Waals surface area contributed by atoms with Crippen LogP contribution in [0.1, 0.15) is 0 Å². The first-order valence-electron chi connectivity index (χ1n) is 4.79. The molecule has 0 spiro atoms. The van der Waals surface area contributed by atoms with Gasteiger partial charge in [0, 0.05) is 5.39 Å². The van der Waals surface area contributed by atoms with Crippen LogP contribution in [0.3, 0.4) is 0 Å². The number of rotatable bonds is 1. The van der Waals surface area contributed by atoms with Crippen LogP contribution in [0.2, 0.25) is 0 Å². The molecule has 0 fully saturated rings. The van der Waals surface area contributed by atoms with Crippen LogP contribution in [0.25, 0.3) is 11.0 Å². The second-order valence-corrected chi connectivity index (χ2v) is 3.44. The molecule has 1 aromatic heterocycles. The van der Waals surface area contributed by atoms with Crippen molar-refractivity contribution in [1.29, 1.82) is 0 Å². The van der Waals surface area contributed by atoms with E-state index in [0.29, 0.717) is 5.39 Å². The molecule has 0 atom stereocenters. The predicted molar refractivity (Wildman–Crippen MR) is 57.2 cm³/mol. The number of hydrogen-bond donors (Lipinski definition) is 1. The third kappa shape index (κ3) is 2.34. The largest absolute Gasteiger partial charge is 0.471 e. The lowest BCUT2D eigenvalue weighted by Gasteiger charge is -2.07. The molecule has 7 heteroatoms. The van der Waals surface area contributed by atoms with Crippen LogP contribution in [-0.2, 0) is 4.79 Å². The third-order valence-electron chi connectivity index (χ3n) is 2.15. The van der Waals surface area contributed by atoms with Crippen molar-refractivity contribution in [3.8, 4) is 0 Å². The lowest BCUT2D eigenvalue weighted by atomic mass is 10.2. The van der Waals surface area contributed by atoms with Crippen LogP contribution in [0.4, 0.5) is 18.9 Å². The van der Waals surface area contributed by atoms with Crippen molar-refractivity contribution in [1.82, 2.24) is 0 Å². The number of carbonyl (C=O) groups excluding carboxylic acids is 1. The number of carbonyl (C=O) groups is 1. The molecular formula is C11H6F3NO3. The summed E-state index contributed by atoms with van der Waals surface area (Å²) in [6.07, 6.45) is -5.06. The molecule has 0 aliphatic heterocycles. The number of alkyl halides is 3. The van der Waals surface area contributed by atoms with Crippen LogP contribution in [0.5, 0.6) is 0 Å². The van der Waals surface area contributed by atoms with Crippen LogP contribution >= 0.6 is 0 Å². The van der Waals surface area contributed by atoms with Gasteiger partial charge in [-0.05, 0) is 12.1 Å². The zero-order valence-electron chi connectivity index (χ0n) is 8.75. The minimum Gasteiger partial charge on any atom is -0.421 e. The van der Waals surface area contributed by atoms with E-state index in [2.05, 4.69) is 0 Å². The van der Waals surface area contributed by atoms with Crippen molar-refractivity contribution in [3.05, 3.63) is 40.8 Å². The third-order valence-corrected chi connectivity index (χ3v) is 2.15. The van der Waals surface area contributed by atoms with Gasteiger partial charge in [-0.25, -0.2) is 4.79 Å². The Balaban J connectivity index is 2.43. The number of halogens is 3.